The number of rotatable bonds is 7. The summed E-state index contributed by atoms with van der Waals surface area (Å²) < 4.78 is 10.8. The number of benzene rings is 3. The van der Waals surface area contributed by atoms with Gasteiger partial charge in [0.15, 0.2) is 6.10 Å². The van der Waals surface area contributed by atoms with Crippen LogP contribution in [0.3, 0.4) is 0 Å². The minimum absolute atomic E-state index is 0.278. The van der Waals surface area contributed by atoms with Gasteiger partial charge in [0.1, 0.15) is 12.4 Å². The van der Waals surface area contributed by atoms with E-state index in [2.05, 4.69) is 10.9 Å². The highest BCUT2D eigenvalue weighted by atomic mass is 16.5. The second-order valence-electron chi connectivity index (χ2n) is 6.66. The molecule has 0 bridgehead atoms. The van der Waals surface area contributed by atoms with Crippen LogP contribution in [0, 0.1) is 0 Å². The van der Waals surface area contributed by atoms with Gasteiger partial charge < -0.3 is 9.47 Å². The van der Waals surface area contributed by atoms with E-state index in [9.17, 15) is 14.4 Å². The first-order valence-corrected chi connectivity index (χ1v) is 9.66. The lowest BCUT2D eigenvalue weighted by Crippen LogP contribution is -2.46. The van der Waals surface area contributed by atoms with E-state index in [0.717, 1.165) is 5.56 Å². The van der Waals surface area contributed by atoms with Gasteiger partial charge in [-0.2, -0.15) is 0 Å². The first-order chi connectivity index (χ1) is 15.0. The van der Waals surface area contributed by atoms with E-state index in [1.54, 1.807) is 54.6 Å². The van der Waals surface area contributed by atoms with Gasteiger partial charge in [0.2, 0.25) is 0 Å². The molecule has 0 heterocycles. The number of hydrazine groups is 1. The Morgan fingerprint density at radius 2 is 1.39 bits per heavy atom. The quantitative estimate of drug-likeness (QED) is 0.454. The van der Waals surface area contributed by atoms with Crippen LogP contribution in [-0.2, 0) is 16.1 Å². The fourth-order valence-corrected chi connectivity index (χ4v) is 2.59. The summed E-state index contributed by atoms with van der Waals surface area (Å²) in [6.45, 7) is 1.83. The molecule has 1 atom stereocenters. The Labute approximate surface area is 180 Å². The fourth-order valence-electron chi connectivity index (χ4n) is 2.59. The van der Waals surface area contributed by atoms with Crippen LogP contribution in [0.15, 0.2) is 84.9 Å². The largest absolute Gasteiger partial charge is 0.489 e. The molecule has 158 valence electrons. The summed E-state index contributed by atoms with van der Waals surface area (Å²) in [7, 11) is 0. The predicted octanol–water partition coefficient (Wildman–Crippen LogP) is 3.27. The first kappa shape index (κ1) is 21.6. The molecule has 0 aliphatic rings. The summed E-state index contributed by atoms with van der Waals surface area (Å²) >= 11 is 0. The Morgan fingerprint density at radius 3 is 2.03 bits per heavy atom. The monoisotopic (exact) mass is 418 g/mol. The summed E-state index contributed by atoms with van der Waals surface area (Å²) in [5.74, 6) is -1.18. The van der Waals surface area contributed by atoms with Crippen molar-refractivity contribution in [2.75, 3.05) is 0 Å². The van der Waals surface area contributed by atoms with Gasteiger partial charge in [-0.3, -0.25) is 20.4 Å². The van der Waals surface area contributed by atoms with Crippen LogP contribution in [0.1, 0.15) is 33.2 Å². The lowest BCUT2D eigenvalue weighted by Gasteiger charge is -2.14. The molecule has 0 unspecified atom stereocenters. The van der Waals surface area contributed by atoms with Crippen molar-refractivity contribution >= 4 is 17.8 Å². The normalized spacial score (nSPS) is 11.1. The molecule has 0 aliphatic carbocycles. The molecule has 0 aromatic heterocycles. The van der Waals surface area contributed by atoms with Crippen molar-refractivity contribution in [2.45, 2.75) is 19.6 Å². The number of nitrogens with one attached hydrogen (secondary N) is 2. The summed E-state index contributed by atoms with van der Waals surface area (Å²) in [6, 6.07) is 24.6. The van der Waals surface area contributed by atoms with Gasteiger partial charge in [0, 0.05) is 5.56 Å². The van der Waals surface area contributed by atoms with Crippen molar-refractivity contribution in [3.63, 3.8) is 0 Å². The smallest absolute Gasteiger partial charge is 0.338 e. The number of ether oxygens (including phenoxy) is 2. The molecule has 0 saturated carbocycles. The zero-order valence-corrected chi connectivity index (χ0v) is 16.9. The molecule has 2 N–H and O–H groups in total. The van der Waals surface area contributed by atoms with E-state index < -0.39 is 23.9 Å². The maximum Gasteiger partial charge on any atom is 0.338 e. The summed E-state index contributed by atoms with van der Waals surface area (Å²) in [6.07, 6.45) is -1.10. The minimum atomic E-state index is -1.10. The molecule has 7 heteroatoms. The van der Waals surface area contributed by atoms with Gasteiger partial charge in [0.25, 0.3) is 11.8 Å². The molecule has 0 aliphatic heterocycles. The van der Waals surface area contributed by atoms with E-state index in [-0.39, 0.29) is 5.56 Å². The maximum absolute atomic E-state index is 12.3. The zero-order chi connectivity index (χ0) is 22.1. The van der Waals surface area contributed by atoms with Crippen LogP contribution in [0.2, 0.25) is 0 Å². The Hall–Kier alpha value is -4.13. The van der Waals surface area contributed by atoms with Crippen LogP contribution in [0.5, 0.6) is 5.75 Å². The standard InChI is InChI=1S/C24H22N2O5/c1-17(22(27)25-26-23(28)19-10-6-3-7-11-19)31-24(29)20-12-14-21(15-13-20)30-16-18-8-4-2-5-9-18/h2-15,17H,16H2,1H3,(H,25,27)(H,26,28)/t17-/m1/s1. The Morgan fingerprint density at radius 1 is 0.774 bits per heavy atom. The minimum Gasteiger partial charge on any atom is -0.489 e. The summed E-state index contributed by atoms with van der Waals surface area (Å²) in [5.41, 5.74) is 6.23. The third-order valence-electron chi connectivity index (χ3n) is 4.33. The molecule has 2 amide bonds. The third kappa shape index (κ3) is 6.43. The lowest BCUT2D eigenvalue weighted by atomic mass is 10.2. The number of carbonyl (C=O) groups is 3. The fraction of sp³-hybridized carbons (Fsp3) is 0.125. The number of carbonyl (C=O) groups excluding carboxylic acids is 3. The molecular weight excluding hydrogens is 396 g/mol. The number of amides is 2. The SMILES string of the molecule is C[C@@H](OC(=O)c1ccc(OCc2ccccc2)cc1)C(=O)NNC(=O)c1ccccc1. The van der Waals surface area contributed by atoms with Crippen LogP contribution in [0.4, 0.5) is 0 Å². The van der Waals surface area contributed by atoms with E-state index in [1.807, 2.05) is 30.3 Å². The van der Waals surface area contributed by atoms with Crippen molar-refractivity contribution in [3.8, 4) is 5.75 Å². The average Bonchev–Trinajstić information content (AvgIpc) is 2.82. The molecule has 3 aromatic rings. The highest BCUT2D eigenvalue weighted by molar-refractivity contribution is 5.96. The van der Waals surface area contributed by atoms with Gasteiger partial charge in [-0.05, 0) is 48.9 Å². The number of esters is 1. The summed E-state index contributed by atoms with van der Waals surface area (Å²) in [4.78, 5) is 36.3. The number of hydrogen-bond donors (Lipinski definition) is 2. The Balaban J connectivity index is 1.46. The van der Waals surface area contributed by atoms with E-state index in [0.29, 0.717) is 17.9 Å². The van der Waals surface area contributed by atoms with Gasteiger partial charge in [-0.25, -0.2) is 4.79 Å². The van der Waals surface area contributed by atoms with Crippen LogP contribution in [-0.4, -0.2) is 23.9 Å². The first-order valence-electron chi connectivity index (χ1n) is 9.66. The van der Waals surface area contributed by atoms with Gasteiger partial charge in [0.05, 0.1) is 5.56 Å². The molecule has 3 rings (SSSR count). The Kier molecular flexibility index (Phi) is 7.37. The van der Waals surface area contributed by atoms with E-state index in [1.165, 1.54) is 6.92 Å². The van der Waals surface area contributed by atoms with Crippen molar-refractivity contribution in [3.05, 3.63) is 102 Å². The van der Waals surface area contributed by atoms with Crippen LogP contribution >= 0.6 is 0 Å². The van der Waals surface area contributed by atoms with Crippen molar-refractivity contribution in [2.24, 2.45) is 0 Å². The summed E-state index contributed by atoms with van der Waals surface area (Å²) in [5, 5.41) is 0. The van der Waals surface area contributed by atoms with Gasteiger partial charge in [-0.1, -0.05) is 48.5 Å². The molecule has 0 spiro atoms. The molecule has 0 radical (unpaired) electrons. The van der Waals surface area contributed by atoms with Crippen LogP contribution < -0.4 is 15.6 Å². The Bertz CT molecular complexity index is 1020. The van der Waals surface area contributed by atoms with Gasteiger partial charge >= 0.3 is 5.97 Å². The molecular formula is C24H22N2O5. The highest BCUT2D eigenvalue weighted by Gasteiger charge is 2.19. The zero-order valence-electron chi connectivity index (χ0n) is 16.9. The van der Waals surface area contributed by atoms with Crippen molar-refractivity contribution in [1.82, 2.24) is 10.9 Å². The average molecular weight is 418 g/mol. The maximum atomic E-state index is 12.3. The predicted molar refractivity (Wildman–Crippen MR) is 114 cm³/mol. The molecule has 3 aromatic carbocycles. The molecule has 0 fully saturated rings. The topological polar surface area (TPSA) is 93.7 Å². The van der Waals surface area contributed by atoms with Crippen molar-refractivity contribution in [1.29, 1.82) is 0 Å². The molecule has 31 heavy (non-hydrogen) atoms. The number of hydrogen-bond acceptors (Lipinski definition) is 5. The molecule has 0 saturated heterocycles. The van der Waals surface area contributed by atoms with Crippen molar-refractivity contribution < 1.29 is 23.9 Å². The van der Waals surface area contributed by atoms with E-state index >= 15 is 0 Å². The van der Waals surface area contributed by atoms with Gasteiger partial charge in [-0.15, -0.1) is 0 Å². The second kappa shape index (κ2) is 10.6. The third-order valence-corrected chi connectivity index (χ3v) is 4.33. The highest BCUT2D eigenvalue weighted by Crippen LogP contribution is 2.15. The van der Waals surface area contributed by atoms with Crippen LogP contribution in [0.25, 0.3) is 0 Å². The molecule has 7 nitrogen and oxygen atoms in total. The van der Waals surface area contributed by atoms with E-state index in [4.69, 9.17) is 9.47 Å². The lowest BCUT2D eigenvalue weighted by molar-refractivity contribution is -0.129. The second-order valence-corrected chi connectivity index (χ2v) is 6.66.